The van der Waals surface area contributed by atoms with E-state index in [1.807, 2.05) is 0 Å². The van der Waals surface area contributed by atoms with Gasteiger partial charge in [0.25, 0.3) is 0 Å². The first-order valence-corrected chi connectivity index (χ1v) is 3.65. The molecule has 1 aliphatic rings. The van der Waals surface area contributed by atoms with Crippen LogP contribution in [0.1, 0.15) is 12.8 Å². The molecular formula is C8H14O2. The lowest BCUT2D eigenvalue weighted by atomic mass is 9.99. The fraction of sp³-hybridized carbons (Fsp3) is 0.750. The summed E-state index contributed by atoms with van der Waals surface area (Å²) in [4.78, 5) is 0. The van der Waals surface area contributed by atoms with Crippen LogP contribution < -0.4 is 0 Å². The molecular weight excluding hydrogens is 128 g/mol. The highest BCUT2D eigenvalue weighted by Gasteiger charge is 2.16. The van der Waals surface area contributed by atoms with E-state index in [0.29, 0.717) is 5.92 Å². The van der Waals surface area contributed by atoms with Crippen LogP contribution in [0.2, 0.25) is 0 Å². The number of hydrogen-bond donors (Lipinski definition) is 0. The largest absolute Gasteiger partial charge is 0.501 e. The lowest BCUT2D eigenvalue weighted by Gasteiger charge is -2.22. The molecule has 10 heavy (non-hydrogen) atoms. The van der Waals surface area contributed by atoms with Crippen molar-refractivity contribution in [1.82, 2.24) is 0 Å². The molecule has 2 heteroatoms. The van der Waals surface area contributed by atoms with Crippen molar-refractivity contribution >= 4 is 0 Å². The Hall–Kier alpha value is -0.500. The van der Waals surface area contributed by atoms with Gasteiger partial charge in [0.1, 0.15) is 0 Å². The molecule has 0 saturated carbocycles. The van der Waals surface area contributed by atoms with Gasteiger partial charge in [0.2, 0.25) is 0 Å². The van der Waals surface area contributed by atoms with Gasteiger partial charge < -0.3 is 9.47 Å². The summed E-state index contributed by atoms with van der Waals surface area (Å²) in [7, 11) is 1.68. The molecule has 1 heterocycles. The van der Waals surface area contributed by atoms with Crippen molar-refractivity contribution in [1.29, 1.82) is 0 Å². The summed E-state index contributed by atoms with van der Waals surface area (Å²) in [5.41, 5.74) is 0. The summed E-state index contributed by atoms with van der Waals surface area (Å²) in [6, 6.07) is 0. The van der Waals surface area contributed by atoms with E-state index in [-0.39, 0.29) is 0 Å². The molecule has 0 aromatic carbocycles. The fourth-order valence-electron chi connectivity index (χ4n) is 1.19. The molecule has 2 nitrogen and oxygen atoms in total. The van der Waals surface area contributed by atoms with Crippen LogP contribution in [0.15, 0.2) is 12.3 Å². The van der Waals surface area contributed by atoms with E-state index in [1.54, 1.807) is 7.11 Å². The summed E-state index contributed by atoms with van der Waals surface area (Å²) < 4.78 is 10.2. The number of rotatable bonds is 2. The smallest absolute Gasteiger partial charge is 0.0916 e. The summed E-state index contributed by atoms with van der Waals surface area (Å²) in [5.74, 6) is 1.43. The van der Waals surface area contributed by atoms with E-state index in [9.17, 15) is 0 Å². The quantitative estimate of drug-likeness (QED) is 0.545. The minimum absolute atomic E-state index is 0.527. The second-order valence-corrected chi connectivity index (χ2v) is 2.56. The van der Waals surface area contributed by atoms with Gasteiger partial charge in [-0.05, 0) is 12.8 Å². The van der Waals surface area contributed by atoms with Crippen LogP contribution in [-0.4, -0.2) is 20.3 Å². The lowest BCUT2D eigenvalue weighted by Crippen LogP contribution is -2.17. The lowest BCUT2D eigenvalue weighted by molar-refractivity contribution is 0.0596. The minimum atomic E-state index is 0.527. The molecule has 0 aromatic rings. The van der Waals surface area contributed by atoms with Crippen LogP contribution >= 0.6 is 0 Å². The third-order valence-corrected chi connectivity index (χ3v) is 1.94. The molecule has 0 unspecified atom stereocenters. The Morgan fingerprint density at radius 3 is 2.60 bits per heavy atom. The van der Waals surface area contributed by atoms with Gasteiger partial charge in [0.05, 0.1) is 12.9 Å². The Labute approximate surface area is 61.8 Å². The fourth-order valence-corrected chi connectivity index (χ4v) is 1.19. The van der Waals surface area contributed by atoms with Crippen molar-refractivity contribution in [2.75, 3.05) is 20.3 Å². The van der Waals surface area contributed by atoms with Gasteiger partial charge in [-0.15, -0.1) is 0 Å². The molecule has 0 N–H and O–H groups in total. The van der Waals surface area contributed by atoms with Gasteiger partial charge in [-0.25, -0.2) is 0 Å². The van der Waals surface area contributed by atoms with E-state index < -0.39 is 0 Å². The molecule has 1 rings (SSSR count). The molecule has 1 saturated heterocycles. The second kappa shape index (κ2) is 3.62. The highest BCUT2D eigenvalue weighted by atomic mass is 16.5. The first-order chi connectivity index (χ1) is 4.84. The van der Waals surface area contributed by atoms with E-state index >= 15 is 0 Å². The first-order valence-electron chi connectivity index (χ1n) is 3.65. The highest BCUT2D eigenvalue weighted by Crippen LogP contribution is 2.21. The number of methoxy groups -OCH3 is 1. The van der Waals surface area contributed by atoms with Crippen LogP contribution in [0.25, 0.3) is 0 Å². The molecule has 0 aromatic heterocycles. The third-order valence-electron chi connectivity index (χ3n) is 1.94. The monoisotopic (exact) mass is 142 g/mol. The maximum atomic E-state index is 5.20. The average molecular weight is 142 g/mol. The zero-order valence-electron chi connectivity index (χ0n) is 6.43. The second-order valence-electron chi connectivity index (χ2n) is 2.56. The third kappa shape index (κ3) is 1.74. The van der Waals surface area contributed by atoms with Crippen LogP contribution in [0.3, 0.4) is 0 Å². The van der Waals surface area contributed by atoms with Crippen LogP contribution in [0.5, 0.6) is 0 Å². The van der Waals surface area contributed by atoms with Gasteiger partial charge in [-0.3, -0.25) is 0 Å². The normalized spacial score (nSPS) is 20.5. The van der Waals surface area contributed by atoms with Crippen molar-refractivity contribution in [2.45, 2.75) is 12.8 Å². The summed E-state index contributed by atoms with van der Waals surface area (Å²) >= 11 is 0. The Morgan fingerprint density at radius 1 is 1.50 bits per heavy atom. The SMILES string of the molecule is C=C(OC)C1CCOCC1. The molecule has 0 bridgehead atoms. The van der Waals surface area contributed by atoms with Crippen LogP contribution in [0.4, 0.5) is 0 Å². The topological polar surface area (TPSA) is 18.5 Å². The molecule has 58 valence electrons. The molecule has 0 radical (unpaired) electrons. The molecule has 0 spiro atoms. The zero-order valence-corrected chi connectivity index (χ0v) is 6.43. The average Bonchev–Trinajstić information content (AvgIpc) is 2.05. The minimum Gasteiger partial charge on any atom is -0.501 e. The van der Waals surface area contributed by atoms with Gasteiger partial charge in [0.15, 0.2) is 0 Å². The van der Waals surface area contributed by atoms with Crippen molar-refractivity contribution in [3.63, 3.8) is 0 Å². The Bertz CT molecular complexity index is 114. The summed E-state index contributed by atoms with van der Waals surface area (Å²) in [6.45, 7) is 5.53. The Balaban J connectivity index is 2.31. The molecule has 0 atom stereocenters. The molecule has 0 aliphatic carbocycles. The van der Waals surface area contributed by atoms with Crippen LogP contribution in [-0.2, 0) is 9.47 Å². The number of hydrogen-bond acceptors (Lipinski definition) is 2. The van der Waals surface area contributed by atoms with Gasteiger partial charge in [-0.2, -0.15) is 0 Å². The van der Waals surface area contributed by atoms with E-state index in [1.165, 1.54) is 0 Å². The molecule has 1 fully saturated rings. The van der Waals surface area contributed by atoms with E-state index in [2.05, 4.69) is 6.58 Å². The molecule has 0 amide bonds. The number of allylic oxidation sites excluding steroid dienone is 1. The highest BCUT2D eigenvalue weighted by molar-refractivity contribution is 4.91. The van der Waals surface area contributed by atoms with Crippen molar-refractivity contribution < 1.29 is 9.47 Å². The van der Waals surface area contributed by atoms with Gasteiger partial charge in [-0.1, -0.05) is 6.58 Å². The summed E-state index contributed by atoms with van der Waals surface area (Å²) in [5, 5.41) is 0. The van der Waals surface area contributed by atoms with Crippen LogP contribution in [0, 0.1) is 5.92 Å². The van der Waals surface area contributed by atoms with Crippen molar-refractivity contribution in [3.8, 4) is 0 Å². The Morgan fingerprint density at radius 2 is 2.10 bits per heavy atom. The predicted octanol–water partition coefficient (Wildman–Crippen LogP) is 1.57. The first kappa shape index (κ1) is 7.61. The van der Waals surface area contributed by atoms with Gasteiger partial charge >= 0.3 is 0 Å². The predicted molar refractivity (Wildman–Crippen MR) is 39.7 cm³/mol. The van der Waals surface area contributed by atoms with Crippen molar-refractivity contribution in [2.24, 2.45) is 5.92 Å². The van der Waals surface area contributed by atoms with E-state index in [4.69, 9.17) is 9.47 Å². The maximum absolute atomic E-state index is 5.20. The van der Waals surface area contributed by atoms with Crippen molar-refractivity contribution in [3.05, 3.63) is 12.3 Å². The standard InChI is InChI=1S/C8H14O2/c1-7(9-2)8-3-5-10-6-4-8/h8H,1,3-6H2,2H3. The summed E-state index contributed by atoms with van der Waals surface area (Å²) in [6.07, 6.45) is 2.12. The maximum Gasteiger partial charge on any atom is 0.0916 e. The zero-order chi connectivity index (χ0) is 7.40. The van der Waals surface area contributed by atoms with Gasteiger partial charge in [0, 0.05) is 19.1 Å². The number of ether oxygens (including phenoxy) is 2. The van der Waals surface area contributed by atoms with E-state index in [0.717, 1.165) is 31.8 Å². The Kier molecular flexibility index (Phi) is 2.75. The molecule has 1 aliphatic heterocycles.